The molecule has 0 aromatic carbocycles. The number of rotatable bonds is 3. The Morgan fingerprint density at radius 3 is 2.65 bits per heavy atom. The third-order valence-corrected chi connectivity index (χ3v) is 4.72. The van der Waals surface area contributed by atoms with E-state index in [-0.39, 0.29) is 22.3 Å². The second-order valence-electron chi connectivity index (χ2n) is 5.15. The van der Waals surface area contributed by atoms with Gasteiger partial charge in [-0.3, -0.25) is 9.59 Å². The van der Waals surface area contributed by atoms with E-state index in [0.717, 1.165) is 19.4 Å². The van der Waals surface area contributed by atoms with Crippen molar-refractivity contribution >= 4 is 28.8 Å². The highest BCUT2D eigenvalue weighted by Crippen LogP contribution is 2.30. The molecule has 112 valence electrons. The summed E-state index contributed by atoms with van der Waals surface area (Å²) in [6.45, 7) is 2.76. The first kappa shape index (κ1) is 15.3. The minimum absolute atomic E-state index is 0.00639. The molecule has 0 bridgehead atoms. The van der Waals surface area contributed by atoms with Gasteiger partial charge >= 0.3 is 5.97 Å². The maximum Gasteiger partial charge on any atom is 0.328 e. The van der Waals surface area contributed by atoms with Crippen LogP contribution in [0.3, 0.4) is 0 Å². The number of nitrogens with one attached hydrogen (secondary N) is 1. The van der Waals surface area contributed by atoms with Gasteiger partial charge in [0, 0.05) is 18.7 Å². The first-order valence-corrected chi connectivity index (χ1v) is 7.69. The van der Waals surface area contributed by atoms with Gasteiger partial charge in [0.15, 0.2) is 5.12 Å². The van der Waals surface area contributed by atoms with Crippen LogP contribution in [0.4, 0.5) is 0 Å². The molecule has 0 aliphatic carbocycles. The summed E-state index contributed by atoms with van der Waals surface area (Å²) < 4.78 is 4.78. The monoisotopic (exact) mass is 300 g/mol. The van der Waals surface area contributed by atoms with Gasteiger partial charge < -0.3 is 15.0 Å². The number of hydrogen-bond acceptors (Lipinski definition) is 6. The Morgan fingerprint density at radius 1 is 1.35 bits per heavy atom. The molecular formula is C13H20N2O4S. The summed E-state index contributed by atoms with van der Waals surface area (Å²) in [5, 5.41) is 3.13. The molecule has 6 nitrogen and oxygen atoms in total. The number of amides is 1. The molecule has 1 N–H and O–H groups in total. The van der Waals surface area contributed by atoms with Crippen molar-refractivity contribution < 1.29 is 19.1 Å². The van der Waals surface area contributed by atoms with Crippen molar-refractivity contribution in [2.45, 2.75) is 43.5 Å². The molecule has 0 unspecified atom stereocenters. The van der Waals surface area contributed by atoms with Crippen LogP contribution in [0.25, 0.3) is 0 Å². The Morgan fingerprint density at radius 2 is 2.10 bits per heavy atom. The van der Waals surface area contributed by atoms with Gasteiger partial charge in [-0.1, -0.05) is 11.8 Å². The Labute approximate surface area is 122 Å². The molecule has 0 radical (unpaired) electrons. The van der Waals surface area contributed by atoms with Gasteiger partial charge in [-0.05, 0) is 25.8 Å². The maximum absolute atomic E-state index is 12.5. The molecule has 2 aliphatic rings. The van der Waals surface area contributed by atoms with Crippen LogP contribution in [0.1, 0.15) is 26.2 Å². The van der Waals surface area contributed by atoms with Crippen molar-refractivity contribution in [2.24, 2.45) is 0 Å². The summed E-state index contributed by atoms with van der Waals surface area (Å²) in [6.07, 6.45) is 2.25. The summed E-state index contributed by atoms with van der Waals surface area (Å²) in [5.74, 6) is -0.451. The van der Waals surface area contributed by atoms with Crippen molar-refractivity contribution in [1.29, 1.82) is 0 Å². The van der Waals surface area contributed by atoms with Crippen LogP contribution >= 0.6 is 11.8 Å². The van der Waals surface area contributed by atoms with Gasteiger partial charge in [-0.2, -0.15) is 0 Å². The lowest BCUT2D eigenvalue weighted by Gasteiger charge is -2.25. The molecular weight excluding hydrogens is 280 g/mol. The summed E-state index contributed by atoms with van der Waals surface area (Å²) in [5.41, 5.74) is 0. The number of carbonyl (C=O) groups is 3. The predicted octanol–water partition coefficient (Wildman–Crippen LogP) is 0.161. The Balaban J connectivity index is 2.08. The normalized spacial score (nSPS) is 29.5. The Hall–Kier alpha value is -1.08. The zero-order chi connectivity index (χ0) is 14.7. The molecule has 2 heterocycles. The topological polar surface area (TPSA) is 75.7 Å². The molecule has 0 saturated carbocycles. The number of methoxy groups -OCH3 is 1. The van der Waals surface area contributed by atoms with Gasteiger partial charge in [0.05, 0.1) is 13.2 Å². The largest absolute Gasteiger partial charge is 0.467 e. The van der Waals surface area contributed by atoms with E-state index in [0.29, 0.717) is 13.0 Å². The molecule has 0 aromatic heterocycles. The first-order valence-electron chi connectivity index (χ1n) is 6.82. The van der Waals surface area contributed by atoms with Crippen molar-refractivity contribution in [3.63, 3.8) is 0 Å². The van der Waals surface area contributed by atoms with Crippen LogP contribution in [-0.2, 0) is 19.1 Å². The summed E-state index contributed by atoms with van der Waals surface area (Å²) in [4.78, 5) is 37.1. The van der Waals surface area contributed by atoms with Crippen LogP contribution < -0.4 is 5.32 Å². The zero-order valence-electron chi connectivity index (χ0n) is 11.8. The van der Waals surface area contributed by atoms with Gasteiger partial charge in [0.1, 0.15) is 6.04 Å². The molecule has 2 rings (SSSR count). The van der Waals surface area contributed by atoms with Gasteiger partial charge in [0.25, 0.3) is 0 Å². The molecule has 2 saturated heterocycles. The highest BCUT2D eigenvalue weighted by atomic mass is 32.2. The van der Waals surface area contributed by atoms with E-state index in [4.69, 9.17) is 4.74 Å². The SMILES string of the molecule is COC(=O)[C@@H]1C[C@H](SC(C)=O)CN1C(=O)[C@@H]1CCCN1. The van der Waals surface area contributed by atoms with E-state index < -0.39 is 12.0 Å². The lowest BCUT2D eigenvalue weighted by atomic mass is 10.1. The van der Waals surface area contributed by atoms with E-state index in [2.05, 4.69) is 5.32 Å². The average molecular weight is 300 g/mol. The molecule has 0 spiro atoms. The van der Waals surface area contributed by atoms with Crippen molar-refractivity contribution in [3.8, 4) is 0 Å². The molecule has 2 aliphatic heterocycles. The molecule has 1 amide bonds. The fraction of sp³-hybridized carbons (Fsp3) is 0.769. The maximum atomic E-state index is 12.5. The molecule has 7 heteroatoms. The van der Waals surface area contributed by atoms with E-state index in [1.54, 1.807) is 4.90 Å². The van der Waals surface area contributed by atoms with Gasteiger partial charge in [-0.15, -0.1) is 0 Å². The van der Waals surface area contributed by atoms with Gasteiger partial charge in [0.2, 0.25) is 5.91 Å². The number of ether oxygens (including phenoxy) is 1. The zero-order valence-corrected chi connectivity index (χ0v) is 12.6. The lowest BCUT2D eigenvalue weighted by molar-refractivity contribution is -0.151. The first-order chi connectivity index (χ1) is 9.52. The second-order valence-corrected chi connectivity index (χ2v) is 6.62. The molecule has 0 aromatic rings. The minimum Gasteiger partial charge on any atom is -0.467 e. The highest BCUT2D eigenvalue weighted by molar-refractivity contribution is 8.14. The smallest absolute Gasteiger partial charge is 0.328 e. The fourth-order valence-corrected chi connectivity index (χ4v) is 3.80. The van der Waals surface area contributed by atoms with Crippen LogP contribution in [0.5, 0.6) is 0 Å². The van der Waals surface area contributed by atoms with E-state index in [1.807, 2.05) is 0 Å². The van der Waals surface area contributed by atoms with Gasteiger partial charge in [-0.25, -0.2) is 4.79 Å². The number of likely N-dealkylation sites (tertiary alicyclic amines) is 1. The van der Waals surface area contributed by atoms with Crippen molar-refractivity contribution in [1.82, 2.24) is 10.2 Å². The highest BCUT2D eigenvalue weighted by Gasteiger charge is 2.43. The number of hydrogen-bond donors (Lipinski definition) is 1. The predicted molar refractivity (Wildman–Crippen MR) is 75.2 cm³/mol. The third-order valence-electron chi connectivity index (χ3n) is 3.71. The fourth-order valence-electron chi connectivity index (χ4n) is 2.82. The number of nitrogens with zero attached hydrogens (tertiary/aromatic N) is 1. The minimum atomic E-state index is -0.563. The molecule has 3 atom stereocenters. The number of thioether (sulfide) groups is 1. The third kappa shape index (κ3) is 3.32. The van der Waals surface area contributed by atoms with Crippen LogP contribution in [0.15, 0.2) is 0 Å². The van der Waals surface area contributed by atoms with Crippen LogP contribution in [-0.4, -0.2) is 59.4 Å². The summed E-state index contributed by atoms with van der Waals surface area (Å²) >= 11 is 1.20. The van der Waals surface area contributed by atoms with Crippen molar-refractivity contribution in [2.75, 3.05) is 20.2 Å². The van der Waals surface area contributed by atoms with E-state index in [9.17, 15) is 14.4 Å². The summed E-state index contributed by atoms with van der Waals surface area (Å²) in [6, 6.07) is -0.769. The molecule has 20 heavy (non-hydrogen) atoms. The quantitative estimate of drug-likeness (QED) is 0.748. The summed E-state index contributed by atoms with van der Waals surface area (Å²) in [7, 11) is 1.32. The van der Waals surface area contributed by atoms with Crippen LogP contribution in [0.2, 0.25) is 0 Å². The van der Waals surface area contributed by atoms with Crippen molar-refractivity contribution in [3.05, 3.63) is 0 Å². The standard InChI is InChI=1S/C13H20N2O4S/c1-8(16)20-9-6-11(13(18)19-2)15(7-9)12(17)10-4-3-5-14-10/h9-11,14H,3-7H2,1-2H3/t9-,10-,11-/m0/s1. The van der Waals surface area contributed by atoms with Crippen LogP contribution in [0, 0.1) is 0 Å². The number of esters is 1. The Bertz CT molecular complexity index is 409. The molecule has 2 fully saturated rings. The van der Waals surface area contributed by atoms with E-state index in [1.165, 1.54) is 25.8 Å². The average Bonchev–Trinajstić information content (AvgIpc) is 3.05. The van der Waals surface area contributed by atoms with E-state index >= 15 is 0 Å². The second kappa shape index (κ2) is 6.58. The Kier molecular flexibility index (Phi) is 5.04. The lowest BCUT2D eigenvalue weighted by Crippen LogP contribution is -2.48. The number of carbonyl (C=O) groups excluding carboxylic acids is 3.